The van der Waals surface area contributed by atoms with Gasteiger partial charge in [0.2, 0.25) is 0 Å². The van der Waals surface area contributed by atoms with Crippen LogP contribution in [-0.4, -0.2) is 5.78 Å². The van der Waals surface area contributed by atoms with Gasteiger partial charge in [-0.05, 0) is 35.7 Å². The maximum absolute atomic E-state index is 12.3. The summed E-state index contributed by atoms with van der Waals surface area (Å²) in [6, 6.07) is 24.6. The molecule has 0 radical (unpaired) electrons. The van der Waals surface area contributed by atoms with Gasteiger partial charge < -0.3 is 0 Å². The molecule has 0 aliphatic heterocycles. The zero-order valence-electron chi connectivity index (χ0n) is 13.6. The van der Waals surface area contributed by atoms with Crippen molar-refractivity contribution in [2.45, 2.75) is 19.3 Å². The molecule has 3 aromatic carbocycles. The fraction of sp³-hybridized carbons (Fsp3) is 0.174. The van der Waals surface area contributed by atoms with Gasteiger partial charge in [0.05, 0.1) is 5.41 Å². The smallest absolute Gasteiger partial charge is 0.148 e. The van der Waals surface area contributed by atoms with Crippen LogP contribution in [0.5, 0.6) is 0 Å². The summed E-state index contributed by atoms with van der Waals surface area (Å²) in [5.41, 5.74) is 1.69. The molecule has 1 aliphatic rings. The van der Waals surface area contributed by atoms with E-state index in [1.807, 2.05) is 42.5 Å². The Bertz CT molecular complexity index is 970. The first-order chi connectivity index (χ1) is 11.7. The van der Waals surface area contributed by atoms with Gasteiger partial charge in [0.1, 0.15) is 5.78 Å². The van der Waals surface area contributed by atoms with Crippen LogP contribution in [0.25, 0.3) is 10.8 Å². The maximum Gasteiger partial charge on any atom is 0.148 e. The molecule has 0 aromatic heterocycles. The fourth-order valence-electron chi connectivity index (χ4n) is 3.48. The van der Waals surface area contributed by atoms with Gasteiger partial charge in [0, 0.05) is 11.5 Å². The van der Waals surface area contributed by atoms with Gasteiger partial charge in [0.15, 0.2) is 0 Å². The summed E-state index contributed by atoms with van der Waals surface area (Å²) in [5, 5.41) is 2.32. The monoisotopic (exact) mass is 310 g/mol. The molecule has 116 valence electrons. The van der Waals surface area contributed by atoms with E-state index < -0.39 is 5.41 Å². The lowest BCUT2D eigenvalue weighted by Crippen LogP contribution is -2.12. The van der Waals surface area contributed by atoms with Crippen LogP contribution >= 0.6 is 0 Å². The van der Waals surface area contributed by atoms with Crippen LogP contribution in [0.1, 0.15) is 30.4 Å². The topological polar surface area (TPSA) is 17.1 Å². The van der Waals surface area contributed by atoms with Crippen LogP contribution in [-0.2, 0) is 4.79 Å². The number of hydrogen-bond donors (Lipinski definition) is 0. The third-order valence-electron chi connectivity index (χ3n) is 5.00. The van der Waals surface area contributed by atoms with E-state index in [-0.39, 0.29) is 11.7 Å². The molecule has 2 atom stereocenters. The third-order valence-corrected chi connectivity index (χ3v) is 5.00. The predicted molar refractivity (Wildman–Crippen MR) is 97.7 cm³/mol. The Morgan fingerprint density at radius 1 is 0.958 bits per heavy atom. The summed E-state index contributed by atoms with van der Waals surface area (Å²) in [6.45, 7) is 1.67. The summed E-state index contributed by atoms with van der Waals surface area (Å²) >= 11 is 0. The van der Waals surface area contributed by atoms with Crippen molar-refractivity contribution in [3.63, 3.8) is 0 Å². The zero-order valence-corrected chi connectivity index (χ0v) is 13.6. The van der Waals surface area contributed by atoms with E-state index in [9.17, 15) is 4.79 Å². The molecule has 0 unspecified atom stereocenters. The summed E-state index contributed by atoms with van der Waals surface area (Å²) in [7, 11) is 0. The molecule has 0 bridgehead atoms. The fourth-order valence-corrected chi connectivity index (χ4v) is 3.48. The van der Waals surface area contributed by atoms with Gasteiger partial charge in [-0.25, -0.2) is 0 Å². The number of carbonyl (C=O) groups excluding carboxylic acids is 1. The number of rotatable bonds is 2. The van der Waals surface area contributed by atoms with Crippen LogP contribution in [0.3, 0.4) is 0 Å². The lowest BCUT2D eigenvalue weighted by atomic mass is 9.95. The van der Waals surface area contributed by atoms with Gasteiger partial charge in [-0.2, -0.15) is 0 Å². The van der Waals surface area contributed by atoms with Crippen LogP contribution in [0.15, 0.2) is 72.8 Å². The second kappa shape index (κ2) is 5.65. The SMILES string of the molecule is CC(=O)[C@]1(C#Cc2cccc3ccccc23)C[C@H]1c1ccccc1. The highest BCUT2D eigenvalue weighted by atomic mass is 16.1. The Morgan fingerprint density at radius 2 is 1.67 bits per heavy atom. The highest BCUT2D eigenvalue weighted by Crippen LogP contribution is 2.59. The van der Waals surface area contributed by atoms with Gasteiger partial charge in [-0.3, -0.25) is 4.79 Å². The van der Waals surface area contributed by atoms with Gasteiger partial charge in [-0.15, -0.1) is 0 Å². The van der Waals surface area contributed by atoms with Crippen molar-refractivity contribution in [1.82, 2.24) is 0 Å². The van der Waals surface area contributed by atoms with Gasteiger partial charge in [-0.1, -0.05) is 78.6 Å². The summed E-state index contributed by atoms with van der Waals surface area (Å²) in [4.78, 5) is 12.3. The maximum atomic E-state index is 12.3. The first kappa shape index (κ1) is 14.7. The van der Waals surface area contributed by atoms with E-state index in [1.54, 1.807) is 6.92 Å². The van der Waals surface area contributed by atoms with E-state index in [0.29, 0.717) is 0 Å². The van der Waals surface area contributed by atoms with E-state index >= 15 is 0 Å². The number of ketones is 1. The van der Waals surface area contributed by atoms with E-state index in [0.717, 1.165) is 17.4 Å². The number of benzene rings is 3. The molecule has 0 heterocycles. The minimum absolute atomic E-state index is 0.170. The van der Waals surface area contributed by atoms with Crippen LogP contribution < -0.4 is 0 Å². The van der Waals surface area contributed by atoms with Crippen molar-refractivity contribution in [2.75, 3.05) is 0 Å². The standard InChI is InChI=1S/C23H18O/c1-17(24)23(16-22(23)20-9-3-2-4-10-20)15-14-19-12-7-11-18-8-5-6-13-21(18)19/h2-13,22H,16H2,1H3/t22-,23-/m0/s1. The molecular weight excluding hydrogens is 292 g/mol. The number of Topliss-reactive ketones (excluding diaryl/α,β-unsaturated/α-hetero) is 1. The highest BCUT2D eigenvalue weighted by molar-refractivity contribution is 5.92. The predicted octanol–water partition coefficient (Wildman–Crippen LogP) is 4.95. The second-order valence-corrected chi connectivity index (χ2v) is 6.47. The van der Waals surface area contributed by atoms with Gasteiger partial charge >= 0.3 is 0 Å². The first-order valence-corrected chi connectivity index (χ1v) is 8.28. The normalized spacial score (nSPS) is 21.8. The Kier molecular flexibility index (Phi) is 3.47. The average molecular weight is 310 g/mol. The largest absolute Gasteiger partial charge is 0.298 e. The molecule has 1 nitrogen and oxygen atoms in total. The van der Waals surface area contributed by atoms with E-state index in [1.165, 1.54) is 10.9 Å². The first-order valence-electron chi connectivity index (χ1n) is 8.28. The molecule has 3 aromatic rings. The minimum atomic E-state index is -0.516. The van der Waals surface area contributed by atoms with Crippen LogP contribution in [0.4, 0.5) is 0 Å². The average Bonchev–Trinajstić information content (AvgIpc) is 3.37. The number of carbonyl (C=O) groups is 1. The Labute approximate surface area is 142 Å². The molecule has 0 spiro atoms. The van der Waals surface area contributed by atoms with Crippen molar-refractivity contribution in [2.24, 2.45) is 5.41 Å². The summed E-state index contributed by atoms with van der Waals surface area (Å²) in [5.74, 6) is 7.02. The molecule has 1 aliphatic carbocycles. The molecule has 1 heteroatoms. The Morgan fingerprint density at radius 3 is 2.46 bits per heavy atom. The van der Waals surface area contributed by atoms with Gasteiger partial charge in [0.25, 0.3) is 0 Å². The molecule has 0 saturated heterocycles. The lowest BCUT2D eigenvalue weighted by Gasteiger charge is -2.06. The van der Waals surface area contributed by atoms with Crippen molar-refractivity contribution in [3.05, 3.63) is 83.9 Å². The van der Waals surface area contributed by atoms with Crippen molar-refractivity contribution >= 4 is 16.6 Å². The molecule has 24 heavy (non-hydrogen) atoms. The number of fused-ring (bicyclic) bond motifs is 1. The third kappa shape index (κ3) is 2.41. The molecule has 1 saturated carbocycles. The number of hydrogen-bond acceptors (Lipinski definition) is 1. The van der Waals surface area contributed by atoms with E-state index in [4.69, 9.17) is 0 Å². The lowest BCUT2D eigenvalue weighted by molar-refractivity contribution is -0.120. The second-order valence-electron chi connectivity index (χ2n) is 6.47. The van der Waals surface area contributed by atoms with Crippen molar-refractivity contribution in [3.8, 4) is 11.8 Å². The molecular formula is C23H18O. The quantitative estimate of drug-likeness (QED) is 0.612. The summed E-state index contributed by atoms with van der Waals surface area (Å²) in [6.07, 6.45) is 0.824. The van der Waals surface area contributed by atoms with Crippen molar-refractivity contribution in [1.29, 1.82) is 0 Å². The van der Waals surface area contributed by atoms with Crippen LogP contribution in [0, 0.1) is 17.3 Å². The highest BCUT2D eigenvalue weighted by Gasteiger charge is 2.57. The van der Waals surface area contributed by atoms with Crippen molar-refractivity contribution < 1.29 is 4.79 Å². The zero-order chi connectivity index (χ0) is 16.6. The molecule has 0 N–H and O–H groups in total. The van der Waals surface area contributed by atoms with Crippen LogP contribution in [0.2, 0.25) is 0 Å². The molecule has 4 rings (SSSR count). The van der Waals surface area contributed by atoms with E-state index in [2.05, 4.69) is 42.2 Å². The molecule has 0 amide bonds. The minimum Gasteiger partial charge on any atom is -0.298 e. The Balaban J connectivity index is 1.74. The summed E-state index contributed by atoms with van der Waals surface area (Å²) < 4.78 is 0. The Hall–Kier alpha value is -2.85. The molecule has 1 fully saturated rings.